The SMILES string of the molecule is CC(CCS(C)=O)Nc1cnccn1. The predicted octanol–water partition coefficient (Wildman–Crippen LogP) is 1.05. The molecule has 0 aliphatic heterocycles. The van der Waals surface area contributed by atoms with Gasteiger partial charge >= 0.3 is 0 Å². The maximum atomic E-state index is 10.9. The Labute approximate surface area is 86.6 Å². The van der Waals surface area contributed by atoms with Crippen molar-refractivity contribution in [1.29, 1.82) is 0 Å². The number of anilines is 1. The lowest BCUT2D eigenvalue weighted by Gasteiger charge is -2.12. The van der Waals surface area contributed by atoms with Gasteiger partial charge in [-0.2, -0.15) is 0 Å². The maximum Gasteiger partial charge on any atom is 0.144 e. The summed E-state index contributed by atoms with van der Waals surface area (Å²) in [6.07, 6.45) is 7.55. The largest absolute Gasteiger partial charge is 0.366 e. The zero-order chi connectivity index (χ0) is 10.4. The Morgan fingerprint density at radius 1 is 1.57 bits per heavy atom. The number of rotatable bonds is 5. The Morgan fingerprint density at radius 3 is 2.93 bits per heavy atom. The van der Waals surface area contributed by atoms with E-state index < -0.39 is 10.8 Å². The van der Waals surface area contributed by atoms with E-state index in [0.717, 1.165) is 12.2 Å². The van der Waals surface area contributed by atoms with Crippen molar-refractivity contribution in [2.45, 2.75) is 19.4 Å². The van der Waals surface area contributed by atoms with E-state index >= 15 is 0 Å². The zero-order valence-corrected chi connectivity index (χ0v) is 9.25. The average Bonchev–Trinajstić information content (AvgIpc) is 2.16. The molecule has 5 heteroatoms. The molecule has 14 heavy (non-hydrogen) atoms. The Balaban J connectivity index is 2.34. The smallest absolute Gasteiger partial charge is 0.144 e. The van der Waals surface area contributed by atoms with Crippen molar-refractivity contribution in [3.05, 3.63) is 18.6 Å². The third kappa shape index (κ3) is 4.32. The van der Waals surface area contributed by atoms with E-state index in [4.69, 9.17) is 0 Å². The number of aromatic nitrogens is 2. The summed E-state index contributed by atoms with van der Waals surface area (Å²) in [6, 6.07) is 0.274. The quantitative estimate of drug-likeness (QED) is 0.794. The molecule has 0 saturated heterocycles. The second kappa shape index (κ2) is 5.70. The van der Waals surface area contributed by atoms with Gasteiger partial charge in [0.25, 0.3) is 0 Å². The monoisotopic (exact) mass is 213 g/mol. The van der Waals surface area contributed by atoms with Crippen LogP contribution in [-0.2, 0) is 10.8 Å². The minimum absolute atomic E-state index is 0.274. The molecule has 2 atom stereocenters. The number of hydrogen-bond acceptors (Lipinski definition) is 4. The second-order valence-electron chi connectivity index (χ2n) is 3.20. The molecule has 1 aromatic heterocycles. The first-order chi connectivity index (χ1) is 6.68. The zero-order valence-electron chi connectivity index (χ0n) is 8.43. The molecule has 0 saturated carbocycles. The standard InChI is InChI=1S/C9H15N3OS/c1-8(3-6-14(2)13)12-9-7-10-4-5-11-9/h4-5,7-8H,3,6H2,1-2H3,(H,11,12). The van der Waals surface area contributed by atoms with Crippen LogP contribution in [0.5, 0.6) is 0 Å². The predicted molar refractivity (Wildman–Crippen MR) is 58.7 cm³/mol. The van der Waals surface area contributed by atoms with Crippen molar-refractivity contribution >= 4 is 16.6 Å². The van der Waals surface area contributed by atoms with Gasteiger partial charge in [0.05, 0.1) is 6.20 Å². The molecule has 0 fully saturated rings. The molecule has 1 aromatic rings. The summed E-state index contributed by atoms with van der Waals surface area (Å²) in [6.45, 7) is 2.04. The summed E-state index contributed by atoms with van der Waals surface area (Å²) in [5.41, 5.74) is 0. The van der Waals surface area contributed by atoms with Gasteiger partial charge < -0.3 is 5.32 Å². The number of nitrogens with zero attached hydrogens (tertiary/aromatic N) is 2. The molecular formula is C9H15N3OS. The average molecular weight is 213 g/mol. The molecule has 0 amide bonds. The minimum atomic E-state index is -0.720. The molecule has 0 aliphatic carbocycles. The fourth-order valence-electron chi connectivity index (χ4n) is 1.04. The molecule has 0 aromatic carbocycles. The Bertz CT molecular complexity index is 291. The van der Waals surface area contributed by atoms with Crippen molar-refractivity contribution in [2.75, 3.05) is 17.3 Å². The Morgan fingerprint density at radius 2 is 2.36 bits per heavy atom. The van der Waals surface area contributed by atoms with Crippen molar-refractivity contribution in [3.63, 3.8) is 0 Å². The minimum Gasteiger partial charge on any atom is -0.366 e. The molecular weight excluding hydrogens is 198 g/mol. The fraction of sp³-hybridized carbons (Fsp3) is 0.556. The normalized spacial score (nSPS) is 14.7. The highest BCUT2D eigenvalue weighted by Crippen LogP contribution is 2.03. The van der Waals surface area contributed by atoms with Gasteiger partial charge in [0.2, 0.25) is 0 Å². The first-order valence-electron chi connectivity index (χ1n) is 4.51. The van der Waals surface area contributed by atoms with Crippen molar-refractivity contribution < 1.29 is 4.21 Å². The van der Waals surface area contributed by atoms with Crippen LogP contribution in [0, 0.1) is 0 Å². The van der Waals surface area contributed by atoms with Gasteiger partial charge in [-0.1, -0.05) is 0 Å². The highest BCUT2D eigenvalue weighted by Gasteiger charge is 2.03. The second-order valence-corrected chi connectivity index (χ2v) is 4.76. The lowest BCUT2D eigenvalue weighted by molar-refractivity contribution is 0.678. The van der Waals surface area contributed by atoms with Crippen LogP contribution in [0.3, 0.4) is 0 Å². The molecule has 0 aliphatic rings. The van der Waals surface area contributed by atoms with Crippen LogP contribution in [-0.4, -0.2) is 32.2 Å². The summed E-state index contributed by atoms with van der Waals surface area (Å²) in [7, 11) is -0.720. The van der Waals surface area contributed by atoms with Crippen LogP contribution >= 0.6 is 0 Å². The molecule has 2 unspecified atom stereocenters. The van der Waals surface area contributed by atoms with Crippen LogP contribution in [0.15, 0.2) is 18.6 Å². The summed E-state index contributed by atoms with van der Waals surface area (Å²) in [4.78, 5) is 8.04. The molecule has 78 valence electrons. The number of hydrogen-bond donors (Lipinski definition) is 1. The lowest BCUT2D eigenvalue weighted by atomic mass is 10.2. The van der Waals surface area contributed by atoms with E-state index in [0.29, 0.717) is 5.75 Å². The van der Waals surface area contributed by atoms with Gasteiger partial charge in [-0.15, -0.1) is 0 Å². The molecule has 0 bridgehead atoms. The van der Waals surface area contributed by atoms with E-state index in [-0.39, 0.29) is 6.04 Å². The highest BCUT2D eigenvalue weighted by atomic mass is 32.2. The van der Waals surface area contributed by atoms with E-state index in [1.807, 2.05) is 6.92 Å². The Kier molecular flexibility index (Phi) is 4.52. The van der Waals surface area contributed by atoms with E-state index in [1.54, 1.807) is 24.8 Å². The van der Waals surface area contributed by atoms with Crippen LogP contribution in [0.4, 0.5) is 5.82 Å². The Hall–Kier alpha value is -0.970. The first-order valence-corrected chi connectivity index (χ1v) is 6.24. The van der Waals surface area contributed by atoms with Crippen molar-refractivity contribution in [2.24, 2.45) is 0 Å². The van der Waals surface area contributed by atoms with Crippen LogP contribution < -0.4 is 5.32 Å². The molecule has 1 rings (SSSR count). The van der Waals surface area contributed by atoms with Gasteiger partial charge in [-0.05, 0) is 13.3 Å². The van der Waals surface area contributed by atoms with Crippen molar-refractivity contribution in [1.82, 2.24) is 9.97 Å². The molecule has 0 spiro atoms. The maximum absolute atomic E-state index is 10.9. The summed E-state index contributed by atoms with van der Waals surface area (Å²) in [5, 5.41) is 3.19. The molecule has 1 heterocycles. The van der Waals surface area contributed by atoms with Crippen molar-refractivity contribution in [3.8, 4) is 0 Å². The van der Waals surface area contributed by atoms with Gasteiger partial charge in [-0.3, -0.25) is 9.19 Å². The van der Waals surface area contributed by atoms with E-state index in [2.05, 4.69) is 15.3 Å². The molecule has 1 N–H and O–H groups in total. The highest BCUT2D eigenvalue weighted by molar-refractivity contribution is 7.84. The first kappa shape index (κ1) is 11.1. The van der Waals surface area contributed by atoms with Gasteiger partial charge in [0.1, 0.15) is 5.82 Å². The van der Waals surface area contributed by atoms with E-state index in [9.17, 15) is 4.21 Å². The number of nitrogens with one attached hydrogen (secondary N) is 1. The summed E-state index contributed by atoms with van der Waals surface area (Å²) in [5.74, 6) is 1.48. The van der Waals surface area contributed by atoms with Crippen LogP contribution in [0.1, 0.15) is 13.3 Å². The van der Waals surface area contributed by atoms with Gasteiger partial charge in [0.15, 0.2) is 0 Å². The third-order valence-electron chi connectivity index (χ3n) is 1.80. The van der Waals surface area contributed by atoms with Crippen LogP contribution in [0.25, 0.3) is 0 Å². The molecule has 0 radical (unpaired) electrons. The lowest BCUT2D eigenvalue weighted by Crippen LogP contribution is -2.18. The van der Waals surface area contributed by atoms with E-state index in [1.165, 1.54) is 0 Å². The van der Waals surface area contributed by atoms with Gasteiger partial charge in [-0.25, -0.2) is 4.98 Å². The summed E-state index contributed by atoms with van der Waals surface area (Å²) >= 11 is 0. The summed E-state index contributed by atoms with van der Waals surface area (Å²) < 4.78 is 10.9. The van der Waals surface area contributed by atoms with Gasteiger partial charge in [0, 0.05) is 41.2 Å². The topological polar surface area (TPSA) is 54.9 Å². The fourth-order valence-corrected chi connectivity index (χ4v) is 1.73. The van der Waals surface area contributed by atoms with Crippen LogP contribution in [0.2, 0.25) is 0 Å². The molecule has 4 nitrogen and oxygen atoms in total. The third-order valence-corrected chi connectivity index (χ3v) is 2.61.